The molecule has 98 valence electrons. The highest BCUT2D eigenvalue weighted by molar-refractivity contribution is 5.34. The summed E-state index contributed by atoms with van der Waals surface area (Å²) in [4.78, 5) is 12.4. The molecular weight excluding hydrogens is 236 g/mol. The summed E-state index contributed by atoms with van der Waals surface area (Å²) in [6.07, 6.45) is 0. The van der Waals surface area contributed by atoms with Gasteiger partial charge in [-0.1, -0.05) is 12.1 Å². The van der Waals surface area contributed by atoms with Gasteiger partial charge in [0, 0.05) is 25.2 Å². The van der Waals surface area contributed by atoms with Gasteiger partial charge in [-0.15, -0.1) is 0 Å². The highest BCUT2D eigenvalue weighted by Gasteiger charge is 2.22. The van der Waals surface area contributed by atoms with Crippen LogP contribution in [0.4, 0.5) is 5.69 Å². The molecule has 18 heavy (non-hydrogen) atoms. The minimum absolute atomic E-state index is 0.0296. The van der Waals surface area contributed by atoms with Crippen LogP contribution in [-0.2, 0) is 11.3 Å². The number of nitro groups is 1. The number of non-ortho nitro benzene ring substituents is 1. The summed E-state index contributed by atoms with van der Waals surface area (Å²) in [5.74, 6) is 0. The van der Waals surface area contributed by atoms with E-state index in [1.165, 1.54) is 6.07 Å². The van der Waals surface area contributed by atoms with Crippen LogP contribution in [0.5, 0.6) is 0 Å². The second kappa shape index (κ2) is 5.90. The molecule has 1 atom stereocenters. The van der Waals surface area contributed by atoms with Crippen LogP contribution in [0, 0.1) is 10.1 Å². The predicted octanol–water partition coefficient (Wildman–Crippen LogP) is 0.788. The van der Waals surface area contributed by atoms with Gasteiger partial charge in [-0.05, 0) is 5.56 Å². The van der Waals surface area contributed by atoms with Gasteiger partial charge in [0.25, 0.3) is 5.69 Å². The number of benzene rings is 1. The minimum Gasteiger partial charge on any atom is -0.395 e. The number of aliphatic hydroxyl groups is 1. The summed E-state index contributed by atoms with van der Waals surface area (Å²) in [5, 5.41) is 20.0. The van der Waals surface area contributed by atoms with Crippen LogP contribution in [0.1, 0.15) is 5.56 Å². The van der Waals surface area contributed by atoms with E-state index in [2.05, 4.69) is 4.90 Å². The van der Waals surface area contributed by atoms with E-state index in [-0.39, 0.29) is 18.3 Å². The van der Waals surface area contributed by atoms with Gasteiger partial charge in [-0.25, -0.2) is 0 Å². The fourth-order valence-electron chi connectivity index (χ4n) is 2.07. The highest BCUT2D eigenvalue weighted by Crippen LogP contribution is 2.17. The van der Waals surface area contributed by atoms with Gasteiger partial charge in [-0.2, -0.15) is 0 Å². The van der Waals surface area contributed by atoms with Gasteiger partial charge in [0.2, 0.25) is 0 Å². The molecule has 0 bridgehead atoms. The Morgan fingerprint density at radius 3 is 3.11 bits per heavy atom. The number of hydrogen-bond acceptors (Lipinski definition) is 5. The normalized spacial score (nSPS) is 20.8. The van der Waals surface area contributed by atoms with Crippen molar-refractivity contribution in [1.29, 1.82) is 0 Å². The summed E-state index contributed by atoms with van der Waals surface area (Å²) >= 11 is 0. The molecule has 0 spiro atoms. The van der Waals surface area contributed by atoms with E-state index >= 15 is 0 Å². The van der Waals surface area contributed by atoms with E-state index in [9.17, 15) is 15.2 Å². The number of hydrogen-bond donors (Lipinski definition) is 1. The Bertz CT molecular complexity index is 424. The lowest BCUT2D eigenvalue weighted by Gasteiger charge is -2.34. The van der Waals surface area contributed by atoms with Crippen molar-refractivity contribution in [1.82, 2.24) is 4.90 Å². The Morgan fingerprint density at radius 2 is 2.39 bits per heavy atom. The van der Waals surface area contributed by atoms with Crippen molar-refractivity contribution in [3.8, 4) is 0 Å². The Balaban J connectivity index is 2.07. The van der Waals surface area contributed by atoms with E-state index in [0.29, 0.717) is 19.8 Å². The van der Waals surface area contributed by atoms with Crippen LogP contribution >= 0.6 is 0 Å². The molecule has 1 unspecified atom stereocenters. The number of rotatable bonds is 4. The SMILES string of the molecule is O=[N+]([O-])c1cccc(CN2CCOCC2CO)c1. The summed E-state index contributed by atoms with van der Waals surface area (Å²) in [6, 6.07) is 6.56. The summed E-state index contributed by atoms with van der Waals surface area (Å²) in [5.41, 5.74) is 0.978. The Hall–Kier alpha value is -1.50. The first-order valence-corrected chi connectivity index (χ1v) is 5.86. The second-order valence-corrected chi connectivity index (χ2v) is 4.31. The third-order valence-electron chi connectivity index (χ3n) is 3.07. The maximum Gasteiger partial charge on any atom is 0.269 e. The monoisotopic (exact) mass is 252 g/mol. The van der Waals surface area contributed by atoms with Gasteiger partial charge in [0.05, 0.1) is 30.8 Å². The molecule has 0 aliphatic carbocycles. The maximum atomic E-state index is 10.7. The van der Waals surface area contributed by atoms with E-state index in [0.717, 1.165) is 12.1 Å². The molecule has 0 amide bonds. The Kier molecular flexibility index (Phi) is 4.24. The number of nitro benzene ring substituents is 1. The fourth-order valence-corrected chi connectivity index (χ4v) is 2.07. The van der Waals surface area contributed by atoms with Gasteiger partial charge < -0.3 is 9.84 Å². The number of morpholine rings is 1. The molecular formula is C12H16N2O4. The van der Waals surface area contributed by atoms with Crippen LogP contribution in [0.25, 0.3) is 0 Å². The number of ether oxygens (including phenoxy) is 1. The molecule has 1 heterocycles. The van der Waals surface area contributed by atoms with Crippen molar-refractivity contribution in [2.45, 2.75) is 12.6 Å². The lowest BCUT2D eigenvalue weighted by atomic mass is 10.1. The molecule has 1 aliphatic heterocycles. The van der Waals surface area contributed by atoms with Crippen molar-refractivity contribution in [3.63, 3.8) is 0 Å². The van der Waals surface area contributed by atoms with Crippen molar-refractivity contribution in [2.75, 3.05) is 26.4 Å². The molecule has 1 N–H and O–H groups in total. The van der Waals surface area contributed by atoms with Crippen molar-refractivity contribution < 1.29 is 14.8 Å². The molecule has 6 nitrogen and oxygen atoms in total. The quantitative estimate of drug-likeness (QED) is 0.633. The lowest BCUT2D eigenvalue weighted by molar-refractivity contribution is -0.384. The molecule has 1 fully saturated rings. The first-order chi connectivity index (χ1) is 8.70. The topological polar surface area (TPSA) is 75.8 Å². The Morgan fingerprint density at radius 1 is 1.56 bits per heavy atom. The fraction of sp³-hybridized carbons (Fsp3) is 0.500. The zero-order valence-corrected chi connectivity index (χ0v) is 9.99. The summed E-state index contributed by atoms with van der Waals surface area (Å²) in [6.45, 7) is 2.50. The third kappa shape index (κ3) is 3.04. The van der Waals surface area contributed by atoms with Gasteiger partial charge in [-0.3, -0.25) is 15.0 Å². The standard InChI is InChI=1S/C12H16N2O4/c15-8-12-9-18-5-4-13(12)7-10-2-1-3-11(6-10)14(16)17/h1-3,6,12,15H,4-5,7-9H2. The summed E-state index contributed by atoms with van der Waals surface area (Å²) in [7, 11) is 0. The summed E-state index contributed by atoms with van der Waals surface area (Å²) < 4.78 is 5.29. The van der Waals surface area contributed by atoms with E-state index in [4.69, 9.17) is 4.74 Å². The molecule has 0 aromatic heterocycles. The molecule has 1 saturated heterocycles. The Labute approximate surface area is 105 Å². The maximum absolute atomic E-state index is 10.7. The predicted molar refractivity (Wildman–Crippen MR) is 65.2 cm³/mol. The molecule has 0 radical (unpaired) electrons. The van der Waals surface area contributed by atoms with Gasteiger partial charge in [0.15, 0.2) is 0 Å². The van der Waals surface area contributed by atoms with Crippen molar-refractivity contribution >= 4 is 5.69 Å². The molecule has 1 aliphatic rings. The molecule has 1 aromatic carbocycles. The molecule has 1 aromatic rings. The minimum atomic E-state index is -0.396. The number of nitrogens with zero attached hydrogens (tertiary/aromatic N) is 2. The van der Waals surface area contributed by atoms with Crippen molar-refractivity contribution in [2.24, 2.45) is 0 Å². The van der Waals surface area contributed by atoms with E-state index in [1.807, 2.05) is 6.07 Å². The largest absolute Gasteiger partial charge is 0.395 e. The van der Waals surface area contributed by atoms with Crippen LogP contribution in [0.15, 0.2) is 24.3 Å². The molecule has 2 rings (SSSR count). The lowest BCUT2D eigenvalue weighted by Crippen LogP contribution is -2.46. The van der Waals surface area contributed by atoms with Gasteiger partial charge in [0.1, 0.15) is 0 Å². The van der Waals surface area contributed by atoms with Crippen LogP contribution < -0.4 is 0 Å². The number of aliphatic hydroxyl groups excluding tert-OH is 1. The molecule has 6 heteroatoms. The first kappa shape index (κ1) is 12.9. The smallest absolute Gasteiger partial charge is 0.269 e. The highest BCUT2D eigenvalue weighted by atomic mass is 16.6. The van der Waals surface area contributed by atoms with E-state index < -0.39 is 4.92 Å². The molecule has 0 saturated carbocycles. The second-order valence-electron chi connectivity index (χ2n) is 4.31. The first-order valence-electron chi connectivity index (χ1n) is 5.86. The van der Waals surface area contributed by atoms with E-state index in [1.54, 1.807) is 12.1 Å². The van der Waals surface area contributed by atoms with Gasteiger partial charge >= 0.3 is 0 Å². The van der Waals surface area contributed by atoms with Crippen molar-refractivity contribution in [3.05, 3.63) is 39.9 Å². The van der Waals surface area contributed by atoms with Crippen LogP contribution in [0.3, 0.4) is 0 Å². The third-order valence-corrected chi connectivity index (χ3v) is 3.07. The zero-order valence-electron chi connectivity index (χ0n) is 9.99. The zero-order chi connectivity index (χ0) is 13.0. The van der Waals surface area contributed by atoms with Crippen LogP contribution in [-0.4, -0.2) is 47.3 Å². The average Bonchev–Trinajstić information content (AvgIpc) is 2.39. The average molecular weight is 252 g/mol. The van der Waals surface area contributed by atoms with Crippen LogP contribution in [0.2, 0.25) is 0 Å².